The van der Waals surface area contributed by atoms with Crippen molar-refractivity contribution in [1.29, 1.82) is 0 Å². The zero-order chi connectivity index (χ0) is 14.4. The summed E-state index contributed by atoms with van der Waals surface area (Å²) in [7, 11) is 0. The van der Waals surface area contributed by atoms with E-state index >= 15 is 0 Å². The SMILES string of the molecule is NC(=O)NCC1CCCN(CC(O)Cn2cccn2)C1. The van der Waals surface area contributed by atoms with Crippen LogP contribution in [0.2, 0.25) is 0 Å². The number of likely N-dealkylation sites (tertiary alicyclic amines) is 1. The van der Waals surface area contributed by atoms with E-state index in [1.165, 1.54) is 0 Å². The van der Waals surface area contributed by atoms with Gasteiger partial charge < -0.3 is 21.1 Å². The van der Waals surface area contributed by atoms with Gasteiger partial charge in [-0.25, -0.2) is 4.79 Å². The van der Waals surface area contributed by atoms with Crippen molar-refractivity contribution in [2.45, 2.75) is 25.5 Å². The van der Waals surface area contributed by atoms with Crippen molar-refractivity contribution >= 4 is 6.03 Å². The number of piperidine rings is 1. The molecule has 7 nitrogen and oxygen atoms in total. The number of hydrogen-bond acceptors (Lipinski definition) is 4. The molecule has 20 heavy (non-hydrogen) atoms. The van der Waals surface area contributed by atoms with Gasteiger partial charge in [0.25, 0.3) is 0 Å². The first-order valence-corrected chi connectivity index (χ1v) is 7.04. The van der Waals surface area contributed by atoms with Crippen LogP contribution in [0, 0.1) is 5.92 Å². The van der Waals surface area contributed by atoms with Crippen LogP contribution in [-0.4, -0.2) is 58.1 Å². The number of aliphatic hydroxyl groups excluding tert-OH is 1. The van der Waals surface area contributed by atoms with Gasteiger partial charge >= 0.3 is 6.03 Å². The van der Waals surface area contributed by atoms with Crippen LogP contribution in [0.25, 0.3) is 0 Å². The summed E-state index contributed by atoms with van der Waals surface area (Å²) in [4.78, 5) is 13.0. The average molecular weight is 281 g/mol. The lowest BCUT2D eigenvalue weighted by molar-refractivity contribution is 0.0719. The molecule has 0 bridgehead atoms. The van der Waals surface area contributed by atoms with Gasteiger partial charge in [0.15, 0.2) is 0 Å². The number of nitrogens with one attached hydrogen (secondary N) is 1. The van der Waals surface area contributed by atoms with E-state index in [0.29, 0.717) is 25.6 Å². The Morgan fingerprint density at radius 1 is 1.55 bits per heavy atom. The summed E-state index contributed by atoms with van der Waals surface area (Å²) in [6, 6.07) is 1.37. The Labute approximate surface area is 118 Å². The molecule has 2 rings (SSSR count). The number of hydrogen-bond donors (Lipinski definition) is 3. The highest BCUT2D eigenvalue weighted by molar-refractivity contribution is 5.71. The summed E-state index contributed by atoms with van der Waals surface area (Å²) >= 11 is 0. The maximum Gasteiger partial charge on any atom is 0.312 e. The first-order chi connectivity index (χ1) is 9.63. The molecule has 1 saturated heterocycles. The standard InChI is InChI=1S/C13H23N5O2/c14-13(20)15-7-11-3-1-5-17(8-11)9-12(19)10-18-6-2-4-16-18/h2,4,6,11-12,19H,1,3,5,7-10H2,(H3,14,15,20). The summed E-state index contributed by atoms with van der Waals surface area (Å²) < 4.78 is 1.74. The molecule has 1 aliphatic heterocycles. The summed E-state index contributed by atoms with van der Waals surface area (Å²) in [6.45, 7) is 3.63. The minimum Gasteiger partial charge on any atom is -0.390 e. The molecule has 2 heterocycles. The van der Waals surface area contributed by atoms with Gasteiger partial charge in [0, 0.05) is 32.0 Å². The van der Waals surface area contributed by atoms with Crippen molar-refractivity contribution < 1.29 is 9.90 Å². The topological polar surface area (TPSA) is 96.4 Å². The fourth-order valence-electron chi connectivity index (χ4n) is 2.71. The fraction of sp³-hybridized carbons (Fsp3) is 0.692. The van der Waals surface area contributed by atoms with E-state index in [0.717, 1.165) is 25.9 Å². The monoisotopic (exact) mass is 281 g/mol. The van der Waals surface area contributed by atoms with Crippen molar-refractivity contribution in [2.75, 3.05) is 26.2 Å². The number of carbonyl (C=O) groups is 1. The lowest BCUT2D eigenvalue weighted by Crippen LogP contribution is -2.45. The van der Waals surface area contributed by atoms with Gasteiger partial charge in [0.2, 0.25) is 0 Å². The molecule has 1 aromatic rings. The Morgan fingerprint density at radius 2 is 2.40 bits per heavy atom. The second-order valence-electron chi connectivity index (χ2n) is 5.39. The van der Waals surface area contributed by atoms with Crippen LogP contribution in [0.4, 0.5) is 4.79 Å². The second-order valence-corrected chi connectivity index (χ2v) is 5.39. The van der Waals surface area contributed by atoms with Crippen molar-refractivity contribution in [1.82, 2.24) is 20.0 Å². The van der Waals surface area contributed by atoms with Gasteiger partial charge in [-0.3, -0.25) is 4.68 Å². The van der Waals surface area contributed by atoms with Crippen molar-refractivity contribution in [3.8, 4) is 0 Å². The summed E-state index contributed by atoms with van der Waals surface area (Å²) in [5.41, 5.74) is 5.09. The average Bonchev–Trinajstić information content (AvgIpc) is 2.89. The maximum absolute atomic E-state index is 10.7. The van der Waals surface area contributed by atoms with Crippen LogP contribution >= 0.6 is 0 Å². The van der Waals surface area contributed by atoms with Gasteiger partial charge in [0.05, 0.1) is 12.6 Å². The van der Waals surface area contributed by atoms with E-state index in [-0.39, 0.29) is 0 Å². The molecule has 0 saturated carbocycles. The summed E-state index contributed by atoms with van der Waals surface area (Å²) in [6.07, 6.45) is 5.29. The Balaban J connectivity index is 1.73. The minimum absolute atomic E-state index is 0.410. The number of amides is 2. The maximum atomic E-state index is 10.7. The third-order valence-electron chi connectivity index (χ3n) is 3.59. The number of nitrogens with zero attached hydrogens (tertiary/aromatic N) is 3. The zero-order valence-corrected chi connectivity index (χ0v) is 11.6. The van der Waals surface area contributed by atoms with Crippen molar-refractivity contribution in [3.05, 3.63) is 18.5 Å². The van der Waals surface area contributed by atoms with Crippen LogP contribution in [-0.2, 0) is 6.54 Å². The highest BCUT2D eigenvalue weighted by Crippen LogP contribution is 2.16. The van der Waals surface area contributed by atoms with Gasteiger partial charge in [-0.15, -0.1) is 0 Å². The smallest absolute Gasteiger partial charge is 0.312 e. The number of β-amino-alcohol motifs (C(OH)–C–C–N with tert-alkyl or cyclic N) is 1. The summed E-state index contributed by atoms with van der Waals surface area (Å²) in [5.74, 6) is 0.410. The number of primary amides is 1. The van der Waals surface area contributed by atoms with Crippen LogP contribution in [0.15, 0.2) is 18.5 Å². The lowest BCUT2D eigenvalue weighted by Gasteiger charge is -2.33. The summed E-state index contributed by atoms with van der Waals surface area (Å²) in [5, 5.41) is 16.8. The second kappa shape index (κ2) is 7.25. The largest absolute Gasteiger partial charge is 0.390 e. The van der Waals surface area contributed by atoms with E-state index < -0.39 is 12.1 Å². The molecule has 2 atom stereocenters. The molecule has 2 amide bonds. The van der Waals surface area contributed by atoms with Gasteiger partial charge in [0.1, 0.15) is 0 Å². The Morgan fingerprint density at radius 3 is 3.10 bits per heavy atom. The Kier molecular flexibility index (Phi) is 5.37. The molecule has 1 aromatic heterocycles. The molecular weight excluding hydrogens is 258 g/mol. The zero-order valence-electron chi connectivity index (χ0n) is 11.6. The van der Waals surface area contributed by atoms with Crippen molar-refractivity contribution in [2.24, 2.45) is 11.7 Å². The molecular formula is C13H23N5O2. The normalized spacial score (nSPS) is 21.6. The molecule has 2 unspecified atom stereocenters. The number of aromatic nitrogens is 2. The third-order valence-corrected chi connectivity index (χ3v) is 3.59. The molecule has 1 aliphatic rings. The minimum atomic E-state index is -0.471. The van der Waals surface area contributed by atoms with Gasteiger partial charge in [-0.1, -0.05) is 0 Å². The molecule has 1 fully saturated rings. The Bertz CT molecular complexity index is 409. The number of nitrogens with two attached hydrogens (primary N) is 1. The first-order valence-electron chi connectivity index (χ1n) is 7.04. The lowest BCUT2D eigenvalue weighted by atomic mass is 9.98. The highest BCUT2D eigenvalue weighted by Gasteiger charge is 2.22. The number of rotatable bonds is 6. The van der Waals surface area contributed by atoms with E-state index in [1.54, 1.807) is 10.9 Å². The first kappa shape index (κ1) is 14.8. The van der Waals surface area contributed by atoms with E-state index in [2.05, 4.69) is 15.3 Å². The van der Waals surface area contributed by atoms with Gasteiger partial charge in [-0.2, -0.15) is 5.10 Å². The molecule has 4 N–H and O–H groups in total. The van der Waals surface area contributed by atoms with Crippen LogP contribution in [0.3, 0.4) is 0 Å². The molecule has 0 aliphatic carbocycles. The van der Waals surface area contributed by atoms with E-state index in [1.807, 2.05) is 12.3 Å². The fourth-order valence-corrected chi connectivity index (χ4v) is 2.71. The third kappa shape index (κ3) is 4.82. The van der Waals surface area contributed by atoms with E-state index in [4.69, 9.17) is 5.73 Å². The van der Waals surface area contributed by atoms with E-state index in [9.17, 15) is 9.90 Å². The number of aliphatic hydroxyl groups is 1. The Hall–Kier alpha value is -1.60. The molecule has 7 heteroatoms. The molecule has 0 radical (unpaired) electrons. The highest BCUT2D eigenvalue weighted by atomic mass is 16.3. The van der Waals surface area contributed by atoms with Gasteiger partial charge in [-0.05, 0) is 31.4 Å². The number of urea groups is 1. The van der Waals surface area contributed by atoms with Crippen LogP contribution < -0.4 is 11.1 Å². The van der Waals surface area contributed by atoms with Crippen molar-refractivity contribution in [3.63, 3.8) is 0 Å². The number of carbonyl (C=O) groups excluding carboxylic acids is 1. The molecule has 112 valence electrons. The molecule has 0 aromatic carbocycles. The molecule has 0 spiro atoms. The predicted molar refractivity (Wildman–Crippen MR) is 75.0 cm³/mol. The van der Waals surface area contributed by atoms with Crippen LogP contribution in [0.5, 0.6) is 0 Å². The quantitative estimate of drug-likeness (QED) is 0.662. The predicted octanol–water partition coefficient (Wildman–Crippen LogP) is -0.376. The van der Waals surface area contributed by atoms with Crippen LogP contribution in [0.1, 0.15) is 12.8 Å².